The fraction of sp³-hybridized carbons (Fsp3) is 0.111. The summed E-state index contributed by atoms with van der Waals surface area (Å²) < 4.78 is 41.1. The van der Waals surface area contributed by atoms with Gasteiger partial charge in [0, 0.05) is 0 Å². The molecule has 0 amide bonds. The van der Waals surface area contributed by atoms with Gasteiger partial charge < -0.3 is 14.7 Å². The number of benzene rings is 1. The van der Waals surface area contributed by atoms with E-state index in [1.165, 1.54) is 18.2 Å². The second-order valence-corrected chi connectivity index (χ2v) is 2.89. The van der Waals surface area contributed by atoms with Crippen LogP contribution < -0.4 is 0 Å². The molecule has 0 heterocycles. The molecule has 0 atom stereocenters. The fourth-order valence-electron chi connectivity index (χ4n) is 1.01. The van der Waals surface area contributed by atoms with Crippen molar-refractivity contribution in [3.63, 3.8) is 0 Å². The van der Waals surface area contributed by atoms with Gasteiger partial charge in [-0.3, -0.25) is 0 Å². The van der Waals surface area contributed by atoms with Crippen molar-refractivity contribution in [1.82, 2.24) is 0 Å². The monoisotopic (exact) mass is 232 g/mol. The van der Waals surface area contributed by atoms with E-state index in [0.29, 0.717) is 0 Å². The zero-order valence-corrected chi connectivity index (χ0v) is 7.98. The quantitative estimate of drug-likeness (QED) is 0.615. The van der Waals surface area contributed by atoms with Gasteiger partial charge in [-0.05, 0) is 23.8 Å². The van der Waals surface area contributed by atoms with E-state index >= 15 is 0 Å². The molecule has 0 aliphatic heterocycles. The molecule has 0 saturated carbocycles. The first-order valence-corrected chi connectivity index (χ1v) is 4.25. The molecule has 1 aromatic rings. The van der Waals surface area contributed by atoms with Crippen molar-refractivity contribution < 1.29 is 27.9 Å². The maximum absolute atomic E-state index is 12.3. The van der Waals surface area contributed by atoms with Crippen LogP contribution in [0.1, 0.15) is 11.1 Å². The van der Waals surface area contributed by atoms with Gasteiger partial charge in [0.15, 0.2) is 0 Å². The van der Waals surface area contributed by atoms with Crippen LogP contribution in [0.3, 0.4) is 0 Å². The molecule has 1 aromatic carbocycles. The number of rotatable bonds is 3. The minimum atomic E-state index is -4.40. The van der Waals surface area contributed by atoms with Gasteiger partial charge in [-0.15, -0.1) is 0 Å². The van der Waals surface area contributed by atoms with E-state index in [1.807, 2.05) is 0 Å². The van der Waals surface area contributed by atoms with Gasteiger partial charge in [-0.2, -0.15) is 13.2 Å². The predicted octanol–water partition coefficient (Wildman–Crippen LogP) is 1.66. The van der Waals surface area contributed by atoms with Crippen LogP contribution in [-0.2, 0) is 10.8 Å². The highest BCUT2D eigenvalue weighted by molar-refractivity contribution is 6.32. The maximum atomic E-state index is 12.3. The molecular formula is C9H8BF3O3. The third kappa shape index (κ3) is 3.96. The Kier molecular flexibility index (Phi) is 3.97. The van der Waals surface area contributed by atoms with E-state index in [1.54, 1.807) is 0 Å². The second kappa shape index (κ2) is 5.04. The van der Waals surface area contributed by atoms with E-state index in [9.17, 15) is 13.2 Å². The summed E-state index contributed by atoms with van der Waals surface area (Å²) in [5, 5.41) is 16.6. The molecule has 0 fully saturated rings. The molecular weight excluding hydrogens is 224 g/mol. The van der Waals surface area contributed by atoms with Crippen LogP contribution in [0.2, 0.25) is 0 Å². The molecule has 86 valence electrons. The third-order valence-corrected chi connectivity index (χ3v) is 1.67. The summed E-state index contributed by atoms with van der Waals surface area (Å²) in [6.07, 6.45) is -2.31. The lowest BCUT2D eigenvalue weighted by Crippen LogP contribution is -2.12. The van der Waals surface area contributed by atoms with Crippen molar-refractivity contribution in [1.29, 1.82) is 0 Å². The zero-order chi connectivity index (χ0) is 12.2. The third-order valence-electron chi connectivity index (χ3n) is 1.67. The average molecular weight is 232 g/mol. The van der Waals surface area contributed by atoms with Crippen molar-refractivity contribution in [2.75, 3.05) is 0 Å². The number of hydrogen-bond acceptors (Lipinski definition) is 3. The summed E-state index contributed by atoms with van der Waals surface area (Å²) in [5.41, 5.74) is -0.533. The van der Waals surface area contributed by atoms with E-state index in [-0.39, 0.29) is 5.56 Å². The van der Waals surface area contributed by atoms with Crippen molar-refractivity contribution in [2.45, 2.75) is 6.18 Å². The minimum Gasteiger partial charge on any atom is -0.518 e. The molecule has 0 aromatic heterocycles. The fourth-order valence-corrected chi connectivity index (χ4v) is 1.01. The summed E-state index contributed by atoms with van der Waals surface area (Å²) in [6.45, 7) is 0. The molecule has 3 nitrogen and oxygen atoms in total. The number of hydrogen-bond donors (Lipinski definition) is 2. The number of alkyl halides is 3. The maximum Gasteiger partial charge on any atom is 0.707 e. The van der Waals surface area contributed by atoms with E-state index in [4.69, 9.17) is 10.0 Å². The van der Waals surface area contributed by atoms with Crippen LogP contribution >= 0.6 is 0 Å². The van der Waals surface area contributed by atoms with Gasteiger partial charge in [0.1, 0.15) is 0 Å². The standard InChI is InChI=1S/C9H8BF3O3/c11-9(12,13)8-3-1-2-7(6-8)4-5-16-10(14)15/h1-6,14-15H/b5-4+. The molecule has 0 radical (unpaired) electrons. The van der Waals surface area contributed by atoms with Crippen LogP contribution in [0.4, 0.5) is 13.2 Å². The van der Waals surface area contributed by atoms with Crippen LogP contribution in [0.25, 0.3) is 6.08 Å². The van der Waals surface area contributed by atoms with Crippen LogP contribution in [-0.4, -0.2) is 17.4 Å². The van der Waals surface area contributed by atoms with Crippen molar-refractivity contribution in [3.8, 4) is 0 Å². The summed E-state index contributed by atoms with van der Waals surface area (Å²) in [6, 6.07) is 4.54. The first kappa shape index (κ1) is 12.6. The Balaban J connectivity index is 2.79. The lowest BCUT2D eigenvalue weighted by Gasteiger charge is -2.06. The Labute approximate surface area is 90.0 Å². The van der Waals surface area contributed by atoms with E-state index < -0.39 is 19.1 Å². The van der Waals surface area contributed by atoms with Gasteiger partial charge >= 0.3 is 13.5 Å². The minimum absolute atomic E-state index is 0.246. The predicted molar refractivity (Wildman–Crippen MR) is 51.8 cm³/mol. The molecule has 0 saturated heterocycles. The molecule has 7 heteroatoms. The Hall–Kier alpha value is -1.47. The molecule has 1 rings (SSSR count). The highest BCUT2D eigenvalue weighted by atomic mass is 19.4. The van der Waals surface area contributed by atoms with Crippen molar-refractivity contribution >= 4 is 13.4 Å². The lowest BCUT2D eigenvalue weighted by molar-refractivity contribution is -0.137. The first-order valence-electron chi connectivity index (χ1n) is 4.25. The van der Waals surface area contributed by atoms with Crippen LogP contribution in [0.15, 0.2) is 30.5 Å². The summed E-state index contributed by atoms with van der Waals surface area (Å²) >= 11 is 0. The Bertz CT molecular complexity index is 377. The Morgan fingerprint density at radius 2 is 1.94 bits per heavy atom. The molecule has 16 heavy (non-hydrogen) atoms. The SMILES string of the molecule is OB(O)O/C=C/c1cccc(C(F)(F)F)c1. The Morgan fingerprint density at radius 1 is 1.25 bits per heavy atom. The van der Waals surface area contributed by atoms with Crippen LogP contribution in [0.5, 0.6) is 0 Å². The first-order chi connectivity index (χ1) is 7.39. The highest BCUT2D eigenvalue weighted by Gasteiger charge is 2.30. The highest BCUT2D eigenvalue weighted by Crippen LogP contribution is 2.29. The average Bonchev–Trinajstić information content (AvgIpc) is 2.16. The molecule has 0 spiro atoms. The zero-order valence-electron chi connectivity index (χ0n) is 7.98. The number of halogens is 3. The molecule has 0 aliphatic carbocycles. The Morgan fingerprint density at radius 3 is 2.50 bits per heavy atom. The van der Waals surface area contributed by atoms with E-state index in [0.717, 1.165) is 18.4 Å². The van der Waals surface area contributed by atoms with E-state index in [2.05, 4.69) is 4.65 Å². The molecule has 0 bridgehead atoms. The normalized spacial score (nSPS) is 11.8. The van der Waals surface area contributed by atoms with Crippen molar-refractivity contribution in [3.05, 3.63) is 41.7 Å². The smallest absolute Gasteiger partial charge is 0.518 e. The summed E-state index contributed by atoms with van der Waals surface area (Å²) in [4.78, 5) is 0. The largest absolute Gasteiger partial charge is 0.707 e. The van der Waals surface area contributed by atoms with Gasteiger partial charge in [-0.25, -0.2) is 0 Å². The van der Waals surface area contributed by atoms with Gasteiger partial charge in [0.2, 0.25) is 0 Å². The molecule has 0 unspecified atom stereocenters. The van der Waals surface area contributed by atoms with Gasteiger partial charge in [-0.1, -0.05) is 12.1 Å². The second-order valence-electron chi connectivity index (χ2n) is 2.89. The van der Waals surface area contributed by atoms with Crippen molar-refractivity contribution in [2.24, 2.45) is 0 Å². The van der Waals surface area contributed by atoms with Gasteiger partial charge in [0.05, 0.1) is 11.8 Å². The summed E-state index contributed by atoms with van der Waals surface area (Å²) in [5.74, 6) is 0. The van der Waals surface area contributed by atoms with Crippen LogP contribution in [0, 0.1) is 0 Å². The van der Waals surface area contributed by atoms with Gasteiger partial charge in [0.25, 0.3) is 0 Å². The molecule has 2 N–H and O–H groups in total. The summed E-state index contributed by atoms with van der Waals surface area (Å²) in [7, 11) is -1.98. The lowest BCUT2D eigenvalue weighted by atomic mass is 10.1. The molecule has 0 aliphatic rings. The topological polar surface area (TPSA) is 49.7 Å².